The maximum atomic E-state index is 9.85. The van der Waals surface area contributed by atoms with Crippen LogP contribution in [-0.4, -0.2) is 5.11 Å². The number of allylic oxidation sites excluding steroid dienone is 2. The standard InChI is InChI=1S/C27H46O/c1-6-22(2)12-9-13-23(3)14-10-15-24(4)16-11-17-25(5)20-21-26-18-7-8-19-27(26)28/h7-8,18-20,22-24,28H,6,9-17,21H2,1-5H3/b25-20+. The van der Waals surface area contributed by atoms with Crippen molar-refractivity contribution in [3.63, 3.8) is 0 Å². The van der Waals surface area contributed by atoms with Crippen molar-refractivity contribution in [3.05, 3.63) is 41.5 Å². The minimum Gasteiger partial charge on any atom is -0.508 e. The Morgan fingerprint density at radius 3 is 1.96 bits per heavy atom. The number of benzene rings is 1. The molecule has 0 aromatic heterocycles. The van der Waals surface area contributed by atoms with Crippen LogP contribution in [0.5, 0.6) is 5.75 Å². The van der Waals surface area contributed by atoms with Crippen LogP contribution < -0.4 is 0 Å². The van der Waals surface area contributed by atoms with Crippen molar-refractivity contribution < 1.29 is 5.11 Å². The van der Waals surface area contributed by atoms with E-state index in [2.05, 4.69) is 40.7 Å². The highest BCUT2D eigenvalue weighted by atomic mass is 16.3. The molecule has 0 aliphatic heterocycles. The number of phenols is 1. The Bertz CT molecular complexity index is 545. The van der Waals surface area contributed by atoms with E-state index in [-0.39, 0.29) is 0 Å². The molecule has 0 fully saturated rings. The van der Waals surface area contributed by atoms with Gasteiger partial charge in [-0.15, -0.1) is 0 Å². The quantitative estimate of drug-likeness (QED) is 0.299. The molecule has 1 aromatic carbocycles. The topological polar surface area (TPSA) is 20.2 Å². The summed E-state index contributed by atoms with van der Waals surface area (Å²) in [6, 6.07) is 7.65. The first kappa shape index (κ1) is 24.8. The Balaban J connectivity index is 2.10. The molecule has 1 N–H and O–H groups in total. The molecule has 0 radical (unpaired) electrons. The molecule has 0 spiro atoms. The SMILES string of the molecule is CCC(C)CCCC(C)CCCC(C)CCC/C(C)=C/Cc1ccccc1O. The molecule has 0 bridgehead atoms. The lowest BCUT2D eigenvalue weighted by Gasteiger charge is -2.15. The lowest BCUT2D eigenvalue weighted by atomic mass is 9.91. The van der Waals surface area contributed by atoms with E-state index < -0.39 is 0 Å². The van der Waals surface area contributed by atoms with E-state index in [0.29, 0.717) is 5.75 Å². The van der Waals surface area contributed by atoms with E-state index in [1.807, 2.05) is 18.2 Å². The fourth-order valence-electron chi connectivity index (χ4n) is 3.92. The summed E-state index contributed by atoms with van der Waals surface area (Å²) in [6.07, 6.45) is 16.7. The molecule has 0 amide bonds. The average Bonchev–Trinajstić information content (AvgIpc) is 2.67. The van der Waals surface area contributed by atoms with Crippen LogP contribution in [0, 0.1) is 17.8 Å². The average molecular weight is 387 g/mol. The van der Waals surface area contributed by atoms with Gasteiger partial charge in [-0.1, -0.05) is 109 Å². The van der Waals surface area contributed by atoms with Gasteiger partial charge in [0.15, 0.2) is 0 Å². The van der Waals surface area contributed by atoms with Crippen LogP contribution in [-0.2, 0) is 6.42 Å². The summed E-state index contributed by atoms with van der Waals surface area (Å²) in [7, 11) is 0. The molecule has 1 heteroatoms. The minimum absolute atomic E-state index is 0.411. The van der Waals surface area contributed by atoms with Crippen LogP contribution in [0.2, 0.25) is 0 Å². The first-order valence-corrected chi connectivity index (χ1v) is 11.8. The van der Waals surface area contributed by atoms with Gasteiger partial charge in [0, 0.05) is 0 Å². The van der Waals surface area contributed by atoms with Gasteiger partial charge in [0.1, 0.15) is 5.75 Å². The summed E-state index contributed by atoms with van der Waals surface area (Å²) < 4.78 is 0. The van der Waals surface area contributed by atoms with Crippen LogP contribution in [0.4, 0.5) is 0 Å². The van der Waals surface area contributed by atoms with Crippen molar-refractivity contribution in [2.24, 2.45) is 17.8 Å². The van der Waals surface area contributed by atoms with Crippen molar-refractivity contribution in [1.82, 2.24) is 0 Å². The van der Waals surface area contributed by atoms with Crippen molar-refractivity contribution >= 4 is 0 Å². The van der Waals surface area contributed by atoms with Gasteiger partial charge in [0.2, 0.25) is 0 Å². The van der Waals surface area contributed by atoms with Crippen LogP contribution in [0.15, 0.2) is 35.9 Å². The Hall–Kier alpha value is -1.24. The van der Waals surface area contributed by atoms with Gasteiger partial charge in [-0.2, -0.15) is 0 Å². The van der Waals surface area contributed by atoms with Gasteiger partial charge in [-0.05, 0) is 55.6 Å². The van der Waals surface area contributed by atoms with Gasteiger partial charge in [-0.3, -0.25) is 0 Å². The van der Waals surface area contributed by atoms with E-state index in [1.54, 1.807) is 6.07 Å². The fourth-order valence-corrected chi connectivity index (χ4v) is 3.92. The summed E-state index contributed by atoms with van der Waals surface area (Å²) in [6.45, 7) is 11.8. The smallest absolute Gasteiger partial charge is 0.119 e. The zero-order chi connectivity index (χ0) is 20.8. The summed E-state index contributed by atoms with van der Waals surface area (Å²) in [5.74, 6) is 3.06. The molecule has 3 atom stereocenters. The minimum atomic E-state index is 0.411. The molecule has 28 heavy (non-hydrogen) atoms. The van der Waals surface area contributed by atoms with Crippen molar-refractivity contribution in [1.29, 1.82) is 0 Å². The zero-order valence-electron chi connectivity index (χ0n) is 19.3. The van der Waals surface area contributed by atoms with Gasteiger partial charge in [0.25, 0.3) is 0 Å². The predicted molar refractivity (Wildman–Crippen MR) is 125 cm³/mol. The lowest BCUT2D eigenvalue weighted by molar-refractivity contribution is 0.383. The van der Waals surface area contributed by atoms with E-state index in [1.165, 1.54) is 69.8 Å². The fraction of sp³-hybridized carbons (Fsp3) is 0.704. The highest BCUT2D eigenvalue weighted by Crippen LogP contribution is 2.23. The highest BCUT2D eigenvalue weighted by Gasteiger charge is 2.07. The summed E-state index contributed by atoms with van der Waals surface area (Å²) in [5.41, 5.74) is 2.47. The molecule has 3 unspecified atom stereocenters. The van der Waals surface area contributed by atoms with E-state index >= 15 is 0 Å². The molecule has 0 saturated carbocycles. The van der Waals surface area contributed by atoms with Crippen molar-refractivity contribution in [2.75, 3.05) is 0 Å². The van der Waals surface area contributed by atoms with Crippen LogP contribution >= 0.6 is 0 Å². The van der Waals surface area contributed by atoms with E-state index in [0.717, 1.165) is 29.7 Å². The monoisotopic (exact) mass is 386 g/mol. The molecule has 0 aliphatic carbocycles. The number of phenolic OH excluding ortho intramolecular Hbond substituents is 1. The van der Waals surface area contributed by atoms with Gasteiger partial charge in [-0.25, -0.2) is 0 Å². The van der Waals surface area contributed by atoms with Crippen LogP contribution in [0.25, 0.3) is 0 Å². The number of rotatable bonds is 15. The molecular formula is C27H46O. The molecule has 1 aromatic rings. The third-order valence-corrected chi connectivity index (χ3v) is 6.41. The van der Waals surface area contributed by atoms with Crippen molar-refractivity contribution in [2.45, 2.75) is 105 Å². The normalized spacial score (nSPS) is 15.4. The van der Waals surface area contributed by atoms with Crippen molar-refractivity contribution in [3.8, 4) is 5.75 Å². The first-order valence-electron chi connectivity index (χ1n) is 11.8. The molecule has 0 aliphatic rings. The first-order chi connectivity index (χ1) is 13.4. The summed E-state index contributed by atoms with van der Waals surface area (Å²) >= 11 is 0. The molecule has 1 rings (SSSR count). The van der Waals surface area contributed by atoms with E-state index in [9.17, 15) is 5.11 Å². The number of aromatic hydroxyl groups is 1. The Labute approximate surface area is 175 Å². The predicted octanol–water partition coefficient (Wildman–Crippen LogP) is 8.71. The molecule has 0 heterocycles. The maximum absolute atomic E-state index is 9.85. The lowest BCUT2D eigenvalue weighted by Crippen LogP contribution is -2.00. The van der Waals surface area contributed by atoms with Gasteiger partial charge < -0.3 is 5.11 Å². The maximum Gasteiger partial charge on any atom is 0.119 e. The van der Waals surface area contributed by atoms with Gasteiger partial charge >= 0.3 is 0 Å². The van der Waals surface area contributed by atoms with Crippen LogP contribution in [0.3, 0.4) is 0 Å². The molecular weight excluding hydrogens is 340 g/mol. The molecule has 1 nitrogen and oxygen atoms in total. The summed E-state index contributed by atoms with van der Waals surface area (Å²) in [5, 5.41) is 9.85. The Morgan fingerprint density at radius 2 is 1.39 bits per heavy atom. The Morgan fingerprint density at radius 1 is 0.857 bits per heavy atom. The van der Waals surface area contributed by atoms with Gasteiger partial charge in [0.05, 0.1) is 0 Å². The second-order valence-corrected chi connectivity index (χ2v) is 9.36. The number of hydrogen-bond donors (Lipinski definition) is 1. The second-order valence-electron chi connectivity index (χ2n) is 9.36. The number of para-hydroxylation sites is 1. The highest BCUT2D eigenvalue weighted by molar-refractivity contribution is 5.33. The summed E-state index contributed by atoms with van der Waals surface area (Å²) in [4.78, 5) is 0. The second kappa shape index (κ2) is 14.7. The largest absolute Gasteiger partial charge is 0.508 e. The Kier molecular flexibility index (Phi) is 13.0. The molecule has 160 valence electrons. The molecule has 0 saturated heterocycles. The third-order valence-electron chi connectivity index (χ3n) is 6.41. The zero-order valence-corrected chi connectivity index (χ0v) is 19.3. The third kappa shape index (κ3) is 11.6. The number of hydrogen-bond acceptors (Lipinski definition) is 1. The van der Waals surface area contributed by atoms with E-state index in [4.69, 9.17) is 0 Å². The van der Waals surface area contributed by atoms with Crippen LogP contribution in [0.1, 0.15) is 104 Å².